The molecule has 0 unspecified atom stereocenters. The summed E-state index contributed by atoms with van der Waals surface area (Å²) >= 11 is 1.68. The van der Waals surface area contributed by atoms with Gasteiger partial charge in [-0.05, 0) is 47.7 Å². The van der Waals surface area contributed by atoms with Crippen LogP contribution in [0.3, 0.4) is 0 Å². The van der Waals surface area contributed by atoms with Crippen molar-refractivity contribution in [3.63, 3.8) is 0 Å². The van der Waals surface area contributed by atoms with Gasteiger partial charge in [-0.25, -0.2) is 0 Å². The monoisotopic (exact) mass is 276 g/mol. The lowest BCUT2D eigenvalue weighted by Gasteiger charge is -2.30. The Bertz CT molecular complexity index is 484. The Morgan fingerprint density at radius 2 is 1.74 bits per heavy atom. The van der Waals surface area contributed by atoms with Crippen LogP contribution in [0.15, 0.2) is 41.1 Å². The predicted octanol–water partition coefficient (Wildman–Crippen LogP) is 2.91. The Balaban J connectivity index is 2.19. The van der Waals surface area contributed by atoms with Gasteiger partial charge < -0.3 is 10.2 Å². The molecule has 0 bridgehead atoms. The van der Waals surface area contributed by atoms with Gasteiger partial charge in [0.25, 0.3) is 0 Å². The van der Waals surface area contributed by atoms with Crippen LogP contribution in [0.25, 0.3) is 0 Å². The topological polar surface area (TPSA) is 40.5 Å². The molecule has 0 spiro atoms. The SMILES string of the molecule is Cc1ccc(C(CO)(CO)CCc2ccsc2)cc1. The van der Waals surface area contributed by atoms with Crippen LogP contribution in [-0.4, -0.2) is 23.4 Å². The number of aliphatic hydroxyl groups is 2. The minimum absolute atomic E-state index is 0.0311. The first-order valence-electron chi connectivity index (χ1n) is 6.50. The molecule has 0 radical (unpaired) electrons. The van der Waals surface area contributed by atoms with Crippen molar-refractivity contribution in [1.82, 2.24) is 0 Å². The van der Waals surface area contributed by atoms with Crippen LogP contribution in [-0.2, 0) is 11.8 Å². The second-order valence-corrected chi connectivity index (χ2v) is 5.87. The Labute approximate surface area is 118 Å². The Morgan fingerprint density at radius 1 is 1.05 bits per heavy atom. The molecule has 1 aromatic carbocycles. The lowest BCUT2D eigenvalue weighted by Crippen LogP contribution is -2.35. The van der Waals surface area contributed by atoms with Gasteiger partial charge >= 0.3 is 0 Å². The van der Waals surface area contributed by atoms with Crippen molar-refractivity contribution < 1.29 is 10.2 Å². The van der Waals surface area contributed by atoms with Gasteiger partial charge in [-0.2, -0.15) is 11.3 Å². The van der Waals surface area contributed by atoms with Gasteiger partial charge in [-0.1, -0.05) is 29.8 Å². The number of rotatable bonds is 6. The lowest BCUT2D eigenvalue weighted by atomic mass is 9.77. The third-order valence-corrected chi connectivity index (χ3v) is 4.47. The van der Waals surface area contributed by atoms with Crippen molar-refractivity contribution in [2.75, 3.05) is 13.2 Å². The van der Waals surface area contributed by atoms with Crippen molar-refractivity contribution in [3.8, 4) is 0 Å². The molecule has 0 fully saturated rings. The fourth-order valence-corrected chi connectivity index (χ4v) is 2.96. The molecule has 0 saturated heterocycles. The van der Waals surface area contributed by atoms with Gasteiger partial charge in [0.05, 0.1) is 13.2 Å². The summed E-state index contributed by atoms with van der Waals surface area (Å²) in [4.78, 5) is 0. The Hall–Kier alpha value is -1.16. The highest BCUT2D eigenvalue weighted by molar-refractivity contribution is 7.07. The molecule has 3 heteroatoms. The van der Waals surface area contributed by atoms with Crippen LogP contribution < -0.4 is 0 Å². The number of aliphatic hydroxyl groups excluding tert-OH is 2. The molecule has 0 aliphatic heterocycles. The standard InChI is InChI=1S/C16H20O2S/c1-13-2-4-15(5-3-13)16(11-17,12-18)8-6-14-7-9-19-10-14/h2-5,7,9-10,17-18H,6,8,11-12H2,1H3. The van der Waals surface area contributed by atoms with E-state index >= 15 is 0 Å². The van der Waals surface area contributed by atoms with Crippen LogP contribution in [0.2, 0.25) is 0 Å². The van der Waals surface area contributed by atoms with E-state index in [4.69, 9.17) is 0 Å². The van der Waals surface area contributed by atoms with E-state index in [2.05, 4.69) is 16.8 Å². The molecule has 2 N–H and O–H groups in total. The summed E-state index contributed by atoms with van der Waals surface area (Å²) in [6, 6.07) is 10.2. The molecule has 0 amide bonds. The number of aryl methyl sites for hydroxylation is 2. The highest BCUT2D eigenvalue weighted by Crippen LogP contribution is 2.29. The van der Waals surface area contributed by atoms with E-state index in [0.717, 1.165) is 18.4 Å². The Kier molecular flexibility index (Phi) is 4.75. The summed E-state index contributed by atoms with van der Waals surface area (Å²) in [5, 5.41) is 23.7. The molecule has 1 heterocycles. The van der Waals surface area contributed by atoms with E-state index in [0.29, 0.717) is 0 Å². The molecular formula is C16H20O2S. The highest BCUT2D eigenvalue weighted by Gasteiger charge is 2.30. The summed E-state index contributed by atoms with van der Waals surface area (Å²) in [6.07, 6.45) is 1.62. The fraction of sp³-hybridized carbons (Fsp3) is 0.375. The van der Waals surface area contributed by atoms with Crippen molar-refractivity contribution in [3.05, 3.63) is 57.8 Å². The predicted molar refractivity (Wildman–Crippen MR) is 79.7 cm³/mol. The average molecular weight is 276 g/mol. The molecule has 1 aromatic heterocycles. The molecular weight excluding hydrogens is 256 g/mol. The first kappa shape index (κ1) is 14.3. The first-order chi connectivity index (χ1) is 9.20. The largest absolute Gasteiger partial charge is 0.395 e. The van der Waals surface area contributed by atoms with E-state index in [1.165, 1.54) is 11.1 Å². The minimum Gasteiger partial charge on any atom is -0.395 e. The van der Waals surface area contributed by atoms with E-state index in [9.17, 15) is 10.2 Å². The zero-order valence-corrected chi connectivity index (χ0v) is 12.0. The lowest BCUT2D eigenvalue weighted by molar-refractivity contribution is 0.109. The molecule has 2 nitrogen and oxygen atoms in total. The fourth-order valence-electron chi connectivity index (χ4n) is 2.26. The zero-order chi connectivity index (χ0) is 13.7. The minimum atomic E-state index is -0.546. The molecule has 0 aliphatic carbocycles. The average Bonchev–Trinajstić information content (AvgIpc) is 2.95. The quantitative estimate of drug-likeness (QED) is 0.851. The van der Waals surface area contributed by atoms with Crippen LogP contribution in [0, 0.1) is 6.92 Å². The normalized spacial score (nSPS) is 11.7. The van der Waals surface area contributed by atoms with Crippen molar-refractivity contribution in [2.45, 2.75) is 25.2 Å². The van der Waals surface area contributed by atoms with E-state index in [1.807, 2.05) is 31.2 Å². The van der Waals surface area contributed by atoms with Gasteiger partial charge in [-0.3, -0.25) is 0 Å². The van der Waals surface area contributed by atoms with Gasteiger partial charge in [0, 0.05) is 5.41 Å². The third kappa shape index (κ3) is 3.24. The number of thiophene rings is 1. The molecule has 0 aliphatic rings. The van der Waals surface area contributed by atoms with Crippen molar-refractivity contribution in [2.24, 2.45) is 0 Å². The maximum absolute atomic E-state index is 9.77. The van der Waals surface area contributed by atoms with E-state index < -0.39 is 5.41 Å². The molecule has 19 heavy (non-hydrogen) atoms. The van der Waals surface area contributed by atoms with Gasteiger partial charge in [-0.15, -0.1) is 0 Å². The third-order valence-electron chi connectivity index (χ3n) is 3.74. The summed E-state index contributed by atoms with van der Waals surface area (Å²) < 4.78 is 0. The maximum atomic E-state index is 9.77. The molecule has 102 valence electrons. The maximum Gasteiger partial charge on any atom is 0.0550 e. The van der Waals surface area contributed by atoms with Crippen molar-refractivity contribution >= 4 is 11.3 Å². The molecule has 0 atom stereocenters. The van der Waals surface area contributed by atoms with Gasteiger partial charge in [0.2, 0.25) is 0 Å². The summed E-state index contributed by atoms with van der Waals surface area (Å²) in [5.41, 5.74) is 2.92. The zero-order valence-electron chi connectivity index (χ0n) is 11.2. The van der Waals surface area contributed by atoms with Crippen LogP contribution in [0.5, 0.6) is 0 Å². The van der Waals surface area contributed by atoms with Gasteiger partial charge in [0.1, 0.15) is 0 Å². The second kappa shape index (κ2) is 6.33. The summed E-state index contributed by atoms with van der Waals surface area (Å²) in [7, 11) is 0. The van der Waals surface area contributed by atoms with Crippen LogP contribution >= 0.6 is 11.3 Å². The summed E-state index contributed by atoms with van der Waals surface area (Å²) in [5.74, 6) is 0. The smallest absolute Gasteiger partial charge is 0.0550 e. The van der Waals surface area contributed by atoms with Crippen LogP contribution in [0.1, 0.15) is 23.1 Å². The van der Waals surface area contributed by atoms with E-state index in [-0.39, 0.29) is 13.2 Å². The van der Waals surface area contributed by atoms with Gasteiger partial charge in [0.15, 0.2) is 0 Å². The Morgan fingerprint density at radius 3 is 2.26 bits per heavy atom. The molecule has 2 aromatic rings. The van der Waals surface area contributed by atoms with Crippen LogP contribution in [0.4, 0.5) is 0 Å². The number of hydrogen-bond donors (Lipinski definition) is 2. The first-order valence-corrected chi connectivity index (χ1v) is 7.44. The summed E-state index contributed by atoms with van der Waals surface area (Å²) in [6.45, 7) is 1.97. The van der Waals surface area contributed by atoms with Crippen molar-refractivity contribution in [1.29, 1.82) is 0 Å². The van der Waals surface area contributed by atoms with E-state index in [1.54, 1.807) is 11.3 Å². The molecule has 0 saturated carbocycles. The second-order valence-electron chi connectivity index (χ2n) is 5.09. The molecule has 2 rings (SSSR count). The number of hydrogen-bond acceptors (Lipinski definition) is 3. The number of benzene rings is 1. The highest BCUT2D eigenvalue weighted by atomic mass is 32.1.